The van der Waals surface area contributed by atoms with E-state index >= 15 is 0 Å². The van der Waals surface area contributed by atoms with E-state index in [9.17, 15) is 13.6 Å². The van der Waals surface area contributed by atoms with E-state index in [0.29, 0.717) is 5.13 Å². The maximum atomic E-state index is 13.8. The maximum Gasteiger partial charge on any atom is 0.335 e. The van der Waals surface area contributed by atoms with Crippen molar-refractivity contribution in [2.75, 3.05) is 5.32 Å². The minimum Gasteiger partial charge on any atom is -0.478 e. The molecular weight excluding hydrogens is 286 g/mol. The van der Waals surface area contributed by atoms with Gasteiger partial charge in [0.2, 0.25) is 0 Å². The molecule has 0 aliphatic heterocycles. The average Bonchev–Trinajstić information content (AvgIpc) is 2.73. The summed E-state index contributed by atoms with van der Waals surface area (Å²) < 4.78 is 27.5. The number of aromatic carboxylic acids is 1. The molecule has 106 valence electrons. The zero-order valence-corrected chi connectivity index (χ0v) is 11.6. The molecule has 2 aromatic rings. The molecule has 0 saturated carbocycles. The number of aryl methyl sites for hydroxylation is 2. The first-order valence-electron chi connectivity index (χ1n) is 5.88. The molecule has 0 aliphatic rings. The Labute approximate surface area is 118 Å². The van der Waals surface area contributed by atoms with Gasteiger partial charge in [0, 0.05) is 4.88 Å². The summed E-state index contributed by atoms with van der Waals surface area (Å²) in [4.78, 5) is 15.9. The largest absolute Gasteiger partial charge is 0.478 e. The minimum atomic E-state index is -1.38. The molecule has 1 aromatic heterocycles. The van der Waals surface area contributed by atoms with Crippen LogP contribution in [0.4, 0.5) is 19.6 Å². The van der Waals surface area contributed by atoms with Gasteiger partial charge in [-0.25, -0.2) is 18.6 Å². The summed E-state index contributed by atoms with van der Waals surface area (Å²) in [6, 6.07) is 1.55. The third kappa shape index (κ3) is 2.77. The third-order valence-electron chi connectivity index (χ3n) is 2.75. The summed E-state index contributed by atoms with van der Waals surface area (Å²) in [7, 11) is 0. The van der Waals surface area contributed by atoms with Crippen molar-refractivity contribution in [1.29, 1.82) is 0 Å². The second-order valence-corrected chi connectivity index (χ2v) is 5.32. The monoisotopic (exact) mass is 298 g/mol. The van der Waals surface area contributed by atoms with Crippen molar-refractivity contribution in [3.05, 3.63) is 39.9 Å². The van der Waals surface area contributed by atoms with E-state index < -0.39 is 28.9 Å². The lowest BCUT2D eigenvalue weighted by atomic mass is 10.2. The highest BCUT2D eigenvalue weighted by atomic mass is 32.1. The van der Waals surface area contributed by atoms with E-state index in [-0.39, 0.29) is 0 Å². The first-order valence-corrected chi connectivity index (χ1v) is 6.69. The van der Waals surface area contributed by atoms with Gasteiger partial charge in [0.25, 0.3) is 0 Å². The van der Waals surface area contributed by atoms with Gasteiger partial charge in [-0.15, -0.1) is 11.3 Å². The quantitative estimate of drug-likeness (QED) is 0.902. The molecular formula is C13H12F2N2O2S. The molecule has 0 saturated heterocycles. The summed E-state index contributed by atoms with van der Waals surface area (Å²) in [5.41, 5.74) is 0.0296. The molecule has 0 unspecified atom stereocenters. The first kappa shape index (κ1) is 14.4. The number of nitrogens with zero attached hydrogens (tertiary/aromatic N) is 1. The number of anilines is 2. The second kappa shape index (κ2) is 5.54. The van der Waals surface area contributed by atoms with E-state index in [1.165, 1.54) is 11.3 Å². The van der Waals surface area contributed by atoms with Crippen molar-refractivity contribution in [3.8, 4) is 0 Å². The zero-order valence-electron chi connectivity index (χ0n) is 10.8. The molecule has 0 aliphatic carbocycles. The molecule has 0 bridgehead atoms. The van der Waals surface area contributed by atoms with Crippen molar-refractivity contribution in [1.82, 2.24) is 4.98 Å². The van der Waals surface area contributed by atoms with Crippen LogP contribution in [0, 0.1) is 18.6 Å². The molecule has 4 nitrogen and oxygen atoms in total. The van der Waals surface area contributed by atoms with E-state index in [0.717, 1.165) is 29.1 Å². The summed E-state index contributed by atoms with van der Waals surface area (Å²) >= 11 is 1.29. The SMILES string of the molecule is CCc1nc(Nc2c(F)cc(C(=O)O)cc2F)sc1C. The third-order valence-corrected chi connectivity index (χ3v) is 3.68. The summed E-state index contributed by atoms with van der Waals surface area (Å²) in [5.74, 6) is -3.31. The van der Waals surface area contributed by atoms with Crippen LogP contribution >= 0.6 is 11.3 Å². The van der Waals surface area contributed by atoms with E-state index in [1.54, 1.807) is 0 Å². The number of benzene rings is 1. The molecule has 7 heteroatoms. The number of hydrogen-bond acceptors (Lipinski definition) is 4. The van der Waals surface area contributed by atoms with E-state index in [4.69, 9.17) is 5.11 Å². The lowest BCUT2D eigenvalue weighted by molar-refractivity contribution is 0.0696. The Balaban J connectivity index is 2.35. The summed E-state index contributed by atoms with van der Waals surface area (Å²) in [6.45, 7) is 3.82. The number of rotatable bonds is 4. The van der Waals surface area contributed by atoms with Gasteiger partial charge >= 0.3 is 5.97 Å². The van der Waals surface area contributed by atoms with Gasteiger partial charge in [-0.05, 0) is 25.5 Å². The molecule has 0 spiro atoms. The first-order chi connectivity index (χ1) is 9.42. The molecule has 0 radical (unpaired) electrons. The number of carboxylic acids is 1. The van der Waals surface area contributed by atoms with Gasteiger partial charge in [-0.3, -0.25) is 0 Å². The fourth-order valence-corrected chi connectivity index (χ4v) is 2.64. The summed E-state index contributed by atoms with van der Waals surface area (Å²) in [5, 5.41) is 11.7. The molecule has 1 heterocycles. The van der Waals surface area contributed by atoms with Crippen LogP contribution in [0.3, 0.4) is 0 Å². The topological polar surface area (TPSA) is 62.2 Å². The Morgan fingerprint density at radius 2 is 2.00 bits per heavy atom. The van der Waals surface area contributed by atoms with Gasteiger partial charge < -0.3 is 10.4 Å². The van der Waals surface area contributed by atoms with Crippen molar-refractivity contribution in [3.63, 3.8) is 0 Å². The van der Waals surface area contributed by atoms with Crippen LogP contribution in [0.15, 0.2) is 12.1 Å². The zero-order chi connectivity index (χ0) is 14.9. The standard InChI is InChI=1S/C13H12F2N2O2S/c1-3-10-6(2)20-13(16-10)17-11-8(14)4-7(12(18)19)5-9(11)15/h4-5H,3H2,1-2H3,(H,16,17)(H,18,19). The normalized spacial score (nSPS) is 10.6. The molecule has 0 atom stereocenters. The Kier molecular flexibility index (Phi) is 3.99. The number of halogens is 2. The number of hydrogen-bond donors (Lipinski definition) is 2. The van der Waals surface area contributed by atoms with Crippen molar-refractivity contribution in [2.45, 2.75) is 20.3 Å². The van der Waals surface area contributed by atoms with Crippen LogP contribution < -0.4 is 5.32 Å². The van der Waals surface area contributed by atoms with Gasteiger partial charge in [0.05, 0.1) is 11.3 Å². The smallest absolute Gasteiger partial charge is 0.335 e. The molecule has 0 amide bonds. The Morgan fingerprint density at radius 1 is 1.40 bits per heavy atom. The number of nitrogens with one attached hydrogen (secondary N) is 1. The highest BCUT2D eigenvalue weighted by molar-refractivity contribution is 7.15. The number of aromatic nitrogens is 1. The Hall–Kier alpha value is -2.02. The van der Waals surface area contributed by atoms with Crippen LogP contribution in [0.1, 0.15) is 27.9 Å². The van der Waals surface area contributed by atoms with Crippen LogP contribution in [-0.2, 0) is 6.42 Å². The second-order valence-electron chi connectivity index (χ2n) is 4.12. The maximum absolute atomic E-state index is 13.8. The number of carbonyl (C=O) groups is 1. The van der Waals surface area contributed by atoms with Gasteiger partial charge in [-0.1, -0.05) is 6.92 Å². The minimum absolute atomic E-state index is 0.375. The van der Waals surface area contributed by atoms with Gasteiger partial charge in [0.15, 0.2) is 16.8 Å². The van der Waals surface area contributed by atoms with Gasteiger partial charge in [0.1, 0.15) is 5.69 Å². The predicted octanol–water partition coefficient (Wildman–Crippen LogP) is 3.73. The van der Waals surface area contributed by atoms with E-state index in [2.05, 4.69) is 10.3 Å². The van der Waals surface area contributed by atoms with Crippen molar-refractivity contribution >= 4 is 28.1 Å². The van der Waals surface area contributed by atoms with Crippen molar-refractivity contribution < 1.29 is 18.7 Å². The summed E-state index contributed by atoms with van der Waals surface area (Å²) in [6.07, 6.45) is 0.729. The molecule has 1 aromatic carbocycles. The Bertz CT molecular complexity index is 647. The number of carboxylic acid groups (broad SMARTS) is 1. The molecule has 2 rings (SSSR count). The number of thiazole rings is 1. The van der Waals surface area contributed by atoms with Crippen LogP contribution in [0.25, 0.3) is 0 Å². The fourth-order valence-electron chi connectivity index (χ4n) is 1.73. The lowest BCUT2D eigenvalue weighted by Gasteiger charge is -2.06. The predicted molar refractivity (Wildman–Crippen MR) is 72.8 cm³/mol. The average molecular weight is 298 g/mol. The molecule has 0 fully saturated rings. The molecule has 20 heavy (non-hydrogen) atoms. The fraction of sp³-hybridized carbons (Fsp3) is 0.231. The van der Waals surface area contributed by atoms with E-state index in [1.807, 2.05) is 13.8 Å². The molecule has 2 N–H and O–H groups in total. The van der Waals surface area contributed by atoms with Gasteiger partial charge in [-0.2, -0.15) is 0 Å². The van der Waals surface area contributed by atoms with Crippen LogP contribution in [-0.4, -0.2) is 16.1 Å². The van der Waals surface area contributed by atoms with Crippen LogP contribution in [0.2, 0.25) is 0 Å². The van der Waals surface area contributed by atoms with Crippen LogP contribution in [0.5, 0.6) is 0 Å². The van der Waals surface area contributed by atoms with Crippen molar-refractivity contribution in [2.24, 2.45) is 0 Å². The Morgan fingerprint density at radius 3 is 2.45 bits per heavy atom. The highest BCUT2D eigenvalue weighted by Gasteiger charge is 2.16. The lowest BCUT2D eigenvalue weighted by Crippen LogP contribution is -2.03. The highest BCUT2D eigenvalue weighted by Crippen LogP contribution is 2.29.